The molecular weight excluding hydrogens is 387 g/mol. The van der Waals surface area contributed by atoms with Crippen molar-refractivity contribution in [2.24, 2.45) is 0 Å². The van der Waals surface area contributed by atoms with Crippen LogP contribution in [0.5, 0.6) is 0 Å². The van der Waals surface area contributed by atoms with Gasteiger partial charge >= 0.3 is 6.18 Å². The smallest absolute Gasteiger partial charge is 0.360 e. The molecular formula is C15H18F3N5O3S. The summed E-state index contributed by atoms with van der Waals surface area (Å²) in [5.74, 6) is 0.377. The third-order valence-corrected chi connectivity index (χ3v) is 6.08. The number of rotatable bonds is 4. The molecule has 0 spiro atoms. The van der Waals surface area contributed by atoms with Gasteiger partial charge in [-0.1, -0.05) is 5.16 Å². The molecule has 1 N–H and O–H groups in total. The van der Waals surface area contributed by atoms with Crippen molar-refractivity contribution in [1.29, 1.82) is 0 Å². The molecule has 0 radical (unpaired) electrons. The molecule has 0 atom stereocenters. The third kappa shape index (κ3) is 4.21. The summed E-state index contributed by atoms with van der Waals surface area (Å²) in [4.78, 5) is 8.84. The Bertz CT molecular complexity index is 902. The molecule has 0 unspecified atom stereocenters. The molecule has 0 amide bonds. The summed E-state index contributed by atoms with van der Waals surface area (Å²) < 4.78 is 71.0. The van der Waals surface area contributed by atoms with E-state index in [0.29, 0.717) is 25.9 Å². The predicted octanol–water partition coefficient (Wildman–Crippen LogP) is 2.05. The lowest BCUT2D eigenvalue weighted by Gasteiger charge is -2.33. The highest BCUT2D eigenvalue weighted by Crippen LogP contribution is 2.30. The first-order valence-electron chi connectivity index (χ1n) is 8.17. The third-order valence-electron chi connectivity index (χ3n) is 4.32. The minimum atomic E-state index is -4.54. The Kier molecular flexibility index (Phi) is 5.12. The SMILES string of the molecule is Cc1noc(C)c1S(=O)(=O)NC1CCN(c2cc(C(F)(F)F)ncn2)CC1. The van der Waals surface area contributed by atoms with Crippen molar-refractivity contribution >= 4 is 15.8 Å². The Labute approximate surface area is 153 Å². The van der Waals surface area contributed by atoms with Gasteiger partial charge in [-0.15, -0.1) is 0 Å². The Morgan fingerprint density at radius 3 is 2.44 bits per heavy atom. The molecule has 2 aromatic rings. The Balaban J connectivity index is 1.66. The van der Waals surface area contributed by atoms with Gasteiger partial charge in [0.15, 0.2) is 5.76 Å². The van der Waals surface area contributed by atoms with E-state index in [2.05, 4.69) is 19.8 Å². The van der Waals surface area contributed by atoms with E-state index in [0.717, 1.165) is 12.4 Å². The number of sulfonamides is 1. The van der Waals surface area contributed by atoms with Crippen LogP contribution < -0.4 is 9.62 Å². The molecule has 27 heavy (non-hydrogen) atoms. The Morgan fingerprint density at radius 1 is 1.22 bits per heavy atom. The minimum absolute atomic E-state index is 0.0237. The van der Waals surface area contributed by atoms with Crippen LogP contribution in [0.4, 0.5) is 19.0 Å². The summed E-state index contributed by atoms with van der Waals surface area (Å²) in [6.45, 7) is 3.79. The van der Waals surface area contributed by atoms with Crippen LogP contribution in [0.25, 0.3) is 0 Å². The number of nitrogens with one attached hydrogen (secondary N) is 1. The van der Waals surface area contributed by atoms with Gasteiger partial charge in [0.05, 0.1) is 0 Å². The largest absolute Gasteiger partial charge is 0.433 e. The van der Waals surface area contributed by atoms with E-state index in [4.69, 9.17) is 4.52 Å². The minimum Gasteiger partial charge on any atom is -0.360 e. The number of halogens is 3. The lowest BCUT2D eigenvalue weighted by Crippen LogP contribution is -2.45. The van der Waals surface area contributed by atoms with Gasteiger partial charge in [-0.3, -0.25) is 0 Å². The van der Waals surface area contributed by atoms with Crippen molar-refractivity contribution in [2.45, 2.75) is 43.8 Å². The summed E-state index contributed by atoms with van der Waals surface area (Å²) in [5, 5.41) is 3.65. The zero-order chi connectivity index (χ0) is 19.8. The van der Waals surface area contributed by atoms with Crippen molar-refractivity contribution in [2.75, 3.05) is 18.0 Å². The van der Waals surface area contributed by atoms with Gasteiger partial charge in [-0.05, 0) is 26.7 Å². The number of anilines is 1. The number of piperidine rings is 1. The fraction of sp³-hybridized carbons (Fsp3) is 0.533. The molecule has 12 heteroatoms. The van der Waals surface area contributed by atoms with E-state index in [9.17, 15) is 21.6 Å². The van der Waals surface area contributed by atoms with E-state index in [1.807, 2.05) is 0 Å². The van der Waals surface area contributed by atoms with Crippen LogP contribution in [-0.4, -0.2) is 42.7 Å². The maximum atomic E-state index is 12.8. The second-order valence-electron chi connectivity index (χ2n) is 6.30. The predicted molar refractivity (Wildman–Crippen MR) is 88.6 cm³/mol. The van der Waals surface area contributed by atoms with Crippen LogP contribution in [0, 0.1) is 13.8 Å². The maximum Gasteiger partial charge on any atom is 0.433 e. The number of hydrogen-bond acceptors (Lipinski definition) is 7. The van der Waals surface area contributed by atoms with Crippen LogP contribution in [0.15, 0.2) is 21.8 Å². The van der Waals surface area contributed by atoms with E-state index in [1.54, 1.807) is 11.8 Å². The topological polar surface area (TPSA) is 101 Å². The van der Waals surface area contributed by atoms with Gasteiger partial charge in [0.25, 0.3) is 0 Å². The van der Waals surface area contributed by atoms with E-state index < -0.39 is 21.9 Å². The number of hydrogen-bond donors (Lipinski definition) is 1. The quantitative estimate of drug-likeness (QED) is 0.831. The molecule has 0 saturated carbocycles. The molecule has 0 aromatic carbocycles. The van der Waals surface area contributed by atoms with Gasteiger partial charge in [-0.2, -0.15) is 13.2 Å². The van der Waals surface area contributed by atoms with Crippen molar-refractivity contribution in [3.8, 4) is 0 Å². The zero-order valence-electron chi connectivity index (χ0n) is 14.6. The normalized spacial score (nSPS) is 16.7. The second kappa shape index (κ2) is 7.08. The average molecular weight is 405 g/mol. The highest BCUT2D eigenvalue weighted by Gasteiger charge is 2.34. The molecule has 1 fully saturated rings. The monoisotopic (exact) mass is 405 g/mol. The number of aromatic nitrogens is 3. The first-order chi connectivity index (χ1) is 12.6. The summed E-state index contributed by atoms with van der Waals surface area (Å²) in [6.07, 6.45) is -2.81. The summed E-state index contributed by atoms with van der Waals surface area (Å²) in [6, 6.07) is 0.554. The molecule has 0 bridgehead atoms. The van der Waals surface area contributed by atoms with E-state index in [-0.39, 0.29) is 28.2 Å². The highest BCUT2D eigenvalue weighted by atomic mass is 32.2. The van der Waals surface area contributed by atoms with Gasteiger partial charge in [0.2, 0.25) is 10.0 Å². The van der Waals surface area contributed by atoms with Crippen LogP contribution in [0.3, 0.4) is 0 Å². The molecule has 1 saturated heterocycles. The van der Waals surface area contributed by atoms with E-state index >= 15 is 0 Å². The van der Waals surface area contributed by atoms with Crippen LogP contribution in [0.2, 0.25) is 0 Å². The average Bonchev–Trinajstić information content (AvgIpc) is 2.94. The molecule has 2 aromatic heterocycles. The number of aryl methyl sites for hydroxylation is 2. The second-order valence-corrected chi connectivity index (χ2v) is 7.95. The van der Waals surface area contributed by atoms with Crippen LogP contribution in [-0.2, 0) is 16.2 Å². The molecule has 8 nitrogen and oxygen atoms in total. The van der Waals surface area contributed by atoms with Gasteiger partial charge in [0, 0.05) is 25.2 Å². The van der Waals surface area contributed by atoms with Gasteiger partial charge in [0.1, 0.15) is 28.4 Å². The van der Waals surface area contributed by atoms with Crippen molar-refractivity contribution in [3.63, 3.8) is 0 Å². The van der Waals surface area contributed by atoms with Gasteiger partial charge < -0.3 is 9.42 Å². The first-order valence-corrected chi connectivity index (χ1v) is 9.65. The zero-order valence-corrected chi connectivity index (χ0v) is 15.4. The summed E-state index contributed by atoms with van der Waals surface area (Å²) >= 11 is 0. The first kappa shape index (κ1) is 19.5. The molecule has 3 rings (SSSR count). The summed E-state index contributed by atoms with van der Waals surface area (Å²) in [7, 11) is -3.79. The van der Waals surface area contributed by atoms with E-state index in [1.165, 1.54) is 6.92 Å². The molecule has 1 aliphatic rings. The van der Waals surface area contributed by atoms with Crippen LogP contribution in [0.1, 0.15) is 30.0 Å². The molecule has 3 heterocycles. The number of alkyl halides is 3. The lowest BCUT2D eigenvalue weighted by molar-refractivity contribution is -0.141. The van der Waals surface area contributed by atoms with Crippen molar-refractivity contribution < 1.29 is 26.1 Å². The fourth-order valence-electron chi connectivity index (χ4n) is 3.04. The lowest BCUT2D eigenvalue weighted by atomic mass is 10.1. The summed E-state index contributed by atoms with van der Waals surface area (Å²) in [5.41, 5.74) is -0.730. The molecule has 1 aliphatic heterocycles. The van der Waals surface area contributed by atoms with Crippen molar-refractivity contribution in [3.05, 3.63) is 29.5 Å². The molecule has 148 valence electrons. The van der Waals surface area contributed by atoms with Crippen molar-refractivity contribution in [1.82, 2.24) is 19.8 Å². The fourth-order valence-corrected chi connectivity index (χ4v) is 4.67. The Hall–Kier alpha value is -2.21. The maximum absolute atomic E-state index is 12.8. The highest BCUT2D eigenvalue weighted by molar-refractivity contribution is 7.89. The van der Waals surface area contributed by atoms with Gasteiger partial charge in [-0.25, -0.2) is 23.1 Å². The molecule has 0 aliphatic carbocycles. The number of nitrogens with zero attached hydrogens (tertiary/aromatic N) is 4. The Morgan fingerprint density at radius 2 is 1.89 bits per heavy atom. The van der Waals surface area contributed by atoms with Crippen LogP contribution >= 0.6 is 0 Å². The standard InChI is InChI=1S/C15H18F3N5O3S/c1-9-14(10(2)26-21-9)27(24,25)22-11-3-5-23(6-4-11)13-7-12(15(16,17)18)19-8-20-13/h7-8,11,22H,3-6H2,1-2H3.